The molecule has 0 saturated carbocycles. The Hall–Kier alpha value is -1.62. The summed E-state index contributed by atoms with van der Waals surface area (Å²) in [4.78, 5) is 19.6. The Balaban J connectivity index is 1.93. The van der Waals surface area contributed by atoms with Crippen LogP contribution in [0, 0.1) is 6.92 Å². The van der Waals surface area contributed by atoms with Crippen molar-refractivity contribution < 1.29 is 4.79 Å². The highest BCUT2D eigenvalue weighted by Gasteiger charge is 2.18. The molecule has 0 aliphatic carbocycles. The van der Waals surface area contributed by atoms with Gasteiger partial charge in [0.25, 0.3) is 0 Å². The summed E-state index contributed by atoms with van der Waals surface area (Å²) in [6, 6.07) is 3.98. The van der Waals surface area contributed by atoms with E-state index in [1.165, 1.54) is 5.56 Å². The minimum atomic E-state index is 0.165. The molecule has 1 saturated heterocycles. The van der Waals surface area contributed by atoms with Gasteiger partial charge in [-0.1, -0.05) is 0 Å². The molecule has 98 valence electrons. The van der Waals surface area contributed by atoms with Gasteiger partial charge in [0.2, 0.25) is 5.91 Å². The number of aromatic nitrogens is 1. The van der Waals surface area contributed by atoms with Gasteiger partial charge < -0.3 is 10.6 Å². The van der Waals surface area contributed by atoms with E-state index in [4.69, 9.17) is 5.73 Å². The Bertz CT molecular complexity index is 418. The van der Waals surface area contributed by atoms with Crippen LogP contribution in [0.25, 0.3) is 0 Å². The standard InChI is InChI=1S/C13H20N4O/c1-10-7-12(8-13(14)15-10)9-16-3-5-17(6-4-16)11(2)18/h7-8H,3-6,9H2,1-2H3,(H2,14,15). The molecule has 2 heterocycles. The van der Waals surface area contributed by atoms with Crippen LogP contribution >= 0.6 is 0 Å². The van der Waals surface area contributed by atoms with Crippen LogP contribution in [0.3, 0.4) is 0 Å². The molecule has 1 fully saturated rings. The van der Waals surface area contributed by atoms with Crippen LogP contribution in [0.4, 0.5) is 5.82 Å². The summed E-state index contributed by atoms with van der Waals surface area (Å²) in [7, 11) is 0. The number of anilines is 1. The largest absolute Gasteiger partial charge is 0.384 e. The molecular formula is C13H20N4O. The first kappa shape index (κ1) is 12.8. The van der Waals surface area contributed by atoms with Crippen molar-refractivity contribution in [3.63, 3.8) is 0 Å². The van der Waals surface area contributed by atoms with Crippen LogP contribution in [-0.2, 0) is 11.3 Å². The highest BCUT2D eigenvalue weighted by molar-refractivity contribution is 5.73. The maximum atomic E-state index is 11.2. The van der Waals surface area contributed by atoms with E-state index in [-0.39, 0.29) is 5.91 Å². The highest BCUT2D eigenvalue weighted by Crippen LogP contribution is 2.12. The summed E-state index contributed by atoms with van der Waals surface area (Å²) in [6.07, 6.45) is 0. The second kappa shape index (κ2) is 5.35. The zero-order valence-corrected chi connectivity index (χ0v) is 11.0. The number of aryl methyl sites for hydroxylation is 1. The fraction of sp³-hybridized carbons (Fsp3) is 0.538. The smallest absolute Gasteiger partial charge is 0.219 e. The number of nitrogen functional groups attached to an aromatic ring is 1. The Kier molecular flexibility index (Phi) is 3.81. The Morgan fingerprint density at radius 3 is 2.56 bits per heavy atom. The minimum absolute atomic E-state index is 0.165. The fourth-order valence-electron chi connectivity index (χ4n) is 2.34. The molecule has 1 aliphatic heterocycles. The summed E-state index contributed by atoms with van der Waals surface area (Å²) in [5, 5.41) is 0. The lowest BCUT2D eigenvalue weighted by atomic mass is 10.2. The van der Waals surface area contributed by atoms with Gasteiger partial charge in [-0.15, -0.1) is 0 Å². The van der Waals surface area contributed by atoms with E-state index in [1.54, 1.807) is 6.92 Å². The molecule has 0 spiro atoms. The zero-order chi connectivity index (χ0) is 13.1. The summed E-state index contributed by atoms with van der Waals surface area (Å²) in [6.45, 7) is 7.92. The van der Waals surface area contributed by atoms with Crippen molar-refractivity contribution in [1.82, 2.24) is 14.8 Å². The number of carbonyl (C=O) groups is 1. The summed E-state index contributed by atoms with van der Waals surface area (Å²) < 4.78 is 0. The number of nitrogens with zero attached hydrogens (tertiary/aromatic N) is 3. The quantitative estimate of drug-likeness (QED) is 0.834. The number of nitrogens with two attached hydrogens (primary N) is 1. The average molecular weight is 248 g/mol. The lowest BCUT2D eigenvalue weighted by Gasteiger charge is -2.34. The van der Waals surface area contributed by atoms with E-state index in [0.29, 0.717) is 5.82 Å². The second-order valence-electron chi connectivity index (χ2n) is 4.82. The van der Waals surface area contributed by atoms with Crippen molar-refractivity contribution >= 4 is 11.7 Å². The van der Waals surface area contributed by atoms with Gasteiger partial charge in [0.1, 0.15) is 5.82 Å². The van der Waals surface area contributed by atoms with Crippen LogP contribution in [0.2, 0.25) is 0 Å². The van der Waals surface area contributed by atoms with Gasteiger partial charge in [-0.3, -0.25) is 9.69 Å². The van der Waals surface area contributed by atoms with Gasteiger partial charge in [0.05, 0.1) is 0 Å². The van der Waals surface area contributed by atoms with Crippen LogP contribution in [0.5, 0.6) is 0 Å². The Morgan fingerprint density at radius 2 is 2.00 bits per heavy atom. The van der Waals surface area contributed by atoms with Gasteiger partial charge in [-0.05, 0) is 24.6 Å². The number of piperazine rings is 1. The third-order valence-corrected chi connectivity index (χ3v) is 3.26. The predicted octanol–water partition coefficient (Wildman–Crippen LogP) is 0.636. The molecule has 1 aromatic rings. The third kappa shape index (κ3) is 3.20. The second-order valence-corrected chi connectivity index (χ2v) is 4.82. The lowest BCUT2D eigenvalue weighted by molar-refractivity contribution is -0.130. The predicted molar refractivity (Wildman–Crippen MR) is 70.9 cm³/mol. The first-order chi connectivity index (χ1) is 8.54. The topological polar surface area (TPSA) is 62.5 Å². The number of hydrogen-bond donors (Lipinski definition) is 1. The molecule has 0 atom stereocenters. The van der Waals surface area contributed by atoms with Crippen LogP contribution in [-0.4, -0.2) is 46.9 Å². The maximum Gasteiger partial charge on any atom is 0.219 e. The van der Waals surface area contributed by atoms with Gasteiger partial charge in [0.15, 0.2) is 0 Å². The monoisotopic (exact) mass is 248 g/mol. The Morgan fingerprint density at radius 1 is 1.33 bits per heavy atom. The molecule has 5 nitrogen and oxygen atoms in total. The molecule has 0 unspecified atom stereocenters. The Labute approximate surface area is 108 Å². The van der Waals surface area contributed by atoms with Gasteiger partial charge in [-0.2, -0.15) is 0 Å². The molecule has 1 aromatic heterocycles. The summed E-state index contributed by atoms with van der Waals surface area (Å²) in [5.74, 6) is 0.742. The van der Waals surface area contributed by atoms with Gasteiger partial charge >= 0.3 is 0 Å². The first-order valence-corrected chi connectivity index (χ1v) is 6.25. The SMILES string of the molecule is CC(=O)N1CCN(Cc2cc(C)nc(N)c2)CC1. The molecule has 0 bridgehead atoms. The fourth-order valence-corrected chi connectivity index (χ4v) is 2.34. The van der Waals surface area contributed by atoms with Crippen molar-refractivity contribution in [2.75, 3.05) is 31.9 Å². The van der Waals surface area contributed by atoms with Crippen molar-refractivity contribution in [3.8, 4) is 0 Å². The molecule has 0 aromatic carbocycles. The molecule has 1 amide bonds. The van der Waals surface area contributed by atoms with E-state index in [0.717, 1.165) is 38.4 Å². The molecule has 2 rings (SSSR count). The van der Waals surface area contributed by atoms with E-state index in [9.17, 15) is 4.79 Å². The van der Waals surface area contributed by atoms with Crippen molar-refractivity contribution in [1.29, 1.82) is 0 Å². The first-order valence-electron chi connectivity index (χ1n) is 6.25. The number of hydrogen-bond acceptors (Lipinski definition) is 4. The number of pyridine rings is 1. The molecule has 18 heavy (non-hydrogen) atoms. The van der Waals surface area contributed by atoms with Crippen molar-refractivity contribution in [3.05, 3.63) is 23.4 Å². The van der Waals surface area contributed by atoms with E-state index in [1.807, 2.05) is 17.9 Å². The highest BCUT2D eigenvalue weighted by atomic mass is 16.2. The number of carbonyl (C=O) groups excluding carboxylic acids is 1. The minimum Gasteiger partial charge on any atom is -0.384 e. The molecular weight excluding hydrogens is 228 g/mol. The van der Waals surface area contributed by atoms with E-state index >= 15 is 0 Å². The van der Waals surface area contributed by atoms with E-state index < -0.39 is 0 Å². The van der Waals surface area contributed by atoms with Crippen LogP contribution in [0.1, 0.15) is 18.2 Å². The molecule has 1 aliphatic rings. The van der Waals surface area contributed by atoms with E-state index in [2.05, 4.69) is 16.0 Å². The average Bonchev–Trinajstić information content (AvgIpc) is 2.28. The van der Waals surface area contributed by atoms with Gasteiger partial charge in [-0.25, -0.2) is 4.98 Å². The third-order valence-electron chi connectivity index (χ3n) is 3.26. The lowest BCUT2D eigenvalue weighted by Crippen LogP contribution is -2.47. The van der Waals surface area contributed by atoms with Crippen molar-refractivity contribution in [2.45, 2.75) is 20.4 Å². The molecule has 5 heteroatoms. The summed E-state index contributed by atoms with van der Waals surface area (Å²) in [5.41, 5.74) is 7.89. The van der Waals surface area contributed by atoms with Crippen LogP contribution < -0.4 is 5.73 Å². The number of amides is 1. The zero-order valence-electron chi connectivity index (χ0n) is 11.0. The number of rotatable bonds is 2. The summed E-state index contributed by atoms with van der Waals surface area (Å²) >= 11 is 0. The normalized spacial score (nSPS) is 16.9. The molecule has 2 N–H and O–H groups in total. The maximum absolute atomic E-state index is 11.2. The van der Waals surface area contributed by atoms with Crippen molar-refractivity contribution in [2.24, 2.45) is 0 Å². The van der Waals surface area contributed by atoms with Gasteiger partial charge in [0, 0.05) is 45.3 Å². The molecule has 0 radical (unpaired) electrons. The van der Waals surface area contributed by atoms with Crippen LogP contribution in [0.15, 0.2) is 12.1 Å².